The highest BCUT2D eigenvalue weighted by Gasteiger charge is 2.31. The van der Waals surface area contributed by atoms with Gasteiger partial charge in [0.25, 0.3) is 0 Å². The molecular weight excluding hydrogens is 192 g/mol. The molecule has 15 heavy (non-hydrogen) atoms. The van der Waals surface area contributed by atoms with Gasteiger partial charge in [0.15, 0.2) is 0 Å². The zero-order chi connectivity index (χ0) is 10.7. The fourth-order valence-electron chi connectivity index (χ4n) is 1.60. The Kier molecular flexibility index (Phi) is 2.79. The Bertz CT molecular complexity index is 318. The minimum Gasteiger partial charge on any atom is -0.399 e. The molecule has 1 atom stereocenters. The van der Waals surface area contributed by atoms with Crippen LogP contribution in [-0.2, 0) is 4.74 Å². The zero-order valence-corrected chi connectivity index (χ0v) is 8.57. The van der Waals surface area contributed by atoms with E-state index < -0.39 is 5.60 Å². The van der Waals surface area contributed by atoms with E-state index in [0.717, 1.165) is 11.4 Å². The van der Waals surface area contributed by atoms with Gasteiger partial charge in [0, 0.05) is 30.9 Å². The van der Waals surface area contributed by atoms with Gasteiger partial charge >= 0.3 is 0 Å². The van der Waals surface area contributed by atoms with Crippen LogP contribution in [0.25, 0.3) is 0 Å². The molecule has 0 spiro atoms. The van der Waals surface area contributed by atoms with Crippen molar-refractivity contribution in [2.75, 3.05) is 30.8 Å². The third-order valence-corrected chi connectivity index (χ3v) is 2.61. The SMILES string of the molecule is Nc1ccc(NCC2(O)CCOC2)cc1. The largest absolute Gasteiger partial charge is 0.399 e. The van der Waals surface area contributed by atoms with Gasteiger partial charge in [-0.15, -0.1) is 0 Å². The van der Waals surface area contributed by atoms with Gasteiger partial charge in [-0.2, -0.15) is 0 Å². The Morgan fingerprint density at radius 3 is 2.73 bits per heavy atom. The highest BCUT2D eigenvalue weighted by Crippen LogP contribution is 2.19. The number of nitrogens with two attached hydrogens (primary N) is 1. The highest BCUT2D eigenvalue weighted by molar-refractivity contribution is 5.51. The number of hydrogen-bond acceptors (Lipinski definition) is 4. The summed E-state index contributed by atoms with van der Waals surface area (Å²) in [5.74, 6) is 0. The lowest BCUT2D eigenvalue weighted by Gasteiger charge is -2.21. The van der Waals surface area contributed by atoms with Gasteiger partial charge in [-0.1, -0.05) is 0 Å². The maximum atomic E-state index is 9.99. The molecule has 0 bridgehead atoms. The topological polar surface area (TPSA) is 67.5 Å². The number of hydrogen-bond donors (Lipinski definition) is 3. The van der Waals surface area contributed by atoms with E-state index >= 15 is 0 Å². The number of anilines is 2. The summed E-state index contributed by atoms with van der Waals surface area (Å²) in [6, 6.07) is 7.46. The molecule has 1 aliphatic rings. The molecule has 0 aliphatic carbocycles. The minimum absolute atomic E-state index is 0.412. The standard InChI is InChI=1S/C11H16N2O2/c12-9-1-3-10(4-2-9)13-7-11(14)5-6-15-8-11/h1-4,13-14H,5-8,12H2. The van der Waals surface area contributed by atoms with E-state index in [1.54, 1.807) is 0 Å². The number of ether oxygens (including phenoxy) is 1. The smallest absolute Gasteiger partial charge is 0.107 e. The lowest BCUT2D eigenvalue weighted by molar-refractivity contribution is 0.0382. The van der Waals surface area contributed by atoms with Crippen LogP contribution in [0.1, 0.15) is 6.42 Å². The average molecular weight is 208 g/mol. The van der Waals surface area contributed by atoms with Crippen molar-refractivity contribution in [3.8, 4) is 0 Å². The second kappa shape index (κ2) is 4.08. The van der Waals surface area contributed by atoms with Crippen LogP contribution in [-0.4, -0.2) is 30.5 Å². The van der Waals surface area contributed by atoms with E-state index in [-0.39, 0.29) is 0 Å². The lowest BCUT2D eigenvalue weighted by Crippen LogP contribution is -2.37. The molecular formula is C11H16N2O2. The van der Waals surface area contributed by atoms with E-state index in [1.165, 1.54) is 0 Å². The second-order valence-corrected chi connectivity index (χ2v) is 4.00. The van der Waals surface area contributed by atoms with Crippen LogP contribution in [0.15, 0.2) is 24.3 Å². The molecule has 0 amide bonds. The minimum atomic E-state index is -0.721. The van der Waals surface area contributed by atoms with Crippen LogP contribution in [0.3, 0.4) is 0 Å². The first-order valence-electron chi connectivity index (χ1n) is 5.08. The van der Waals surface area contributed by atoms with E-state index in [2.05, 4.69) is 5.32 Å². The Morgan fingerprint density at radius 1 is 1.40 bits per heavy atom. The summed E-state index contributed by atoms with van der Waals surface area (Å²) in [6.45, 7) is 1.56. The molecule has 4 heteroatoms. The maximum absolute atomic E-state index is 9.99. The van der Waals surface area contributed by atoms with Gasteiger partial charge < -0.3 is 20.9 Å². The van der Waals surface area contributed by atoms with E-state index in [9.17, 15) is 5.11 Å². The van der Waals surface area contributed by atoms with Gasteiger partial charge in [-0.05, 0) is 24.3 Å². The number of aliphatic hydroxyl groups is 1. The van der Waals surface area contributed by atoms with Crippen molar-refractivity contribution in [1.29, 1.82) is 0 Å². The molecule has 0 radical (unpaired) electrons. The third-order valence-electron chi connectivity index (χ3n) is 2.61. The first-order chi connectivity index (χ1) is 7.18. The van der Waals surface area contributed by atoms with Crippen molar-refractivity contribution in [2.45, 2.75) is 12.0 Å². The van der Waals surface area contributed by atoms with Crippen LogP contribution in [0.2, 0.25) is 0 Å². The molecule has 1 unspecified atom stereocenters. The molecule has 1 saturated heterocycles. The van der Waals surface area contributed by atoms with Gasteiger partial charge in [-0.25, -0.2) is 0 Å². The molecule has 1 heterocycles. The summed E-state index contributed by atoms with van der Waals surface area (Å²) in [4.78, 5) is 0. The molecule has 1 aromatic carbocycles. The Morgan fingerprint density at radius 2 is 2.13 bits per heavy atom. The van der Waals surface area contributed by atoms with Crippen molar-refractivity contribution in [1.82, 2.24) is 0 Å². The van der Waals surface area contributed by atoms with Crippen molar-refractivity contribution in [3.63, 3.8) is 0 Å². The molecule has 4 nitrogen and oxygen atoms in total. The molecule has 1 fully saturated rings. The normalized spacial score (nSPS) is 25.4. The fourth-order valence-corrected chi connectivity index (χ4v) is 1.60. The molecule has 4 N–H and O–H groups in total. The van der Waals surface area contributed by atoms with Gasteiger partial charge in [0.05, 0.1) is 6.61 Å². The van der Waals surface area contributed by atoms with Crippen molar-refractivity contribution >= 4 is 11.4 Å². The zero-order valence-electron chi connectivity index (χ0n) is 8.57. The Balaban J connectivity index is 1.90. The average Bonchev–Trinajstić information content (AvgIpc) is 2.65. The van der Waals surface area contributed by atoms with Gasteiger partial charge in [0.2, 0.25) is 0 Å². The second-order valence-electron chi connectivity index (χ2n) is 4.00. The molecule has 2 rings (SSSR count). The van der Waals surface area contributed by atoms with Crippen LogP contribution in [0.4, 0.5) is 11.4 Å². The molecule has 1 aromatic rings. The summed E-state index contributed by atoms with van der Waals surface area (Å²) >= 11 is 0. The summed E-state index contributed by atoms with van der Waals surface area (Å²) in [6.07, 6.45) is 0.689. The van der Waals surface area contributed by atoms with Crippen molar-refractivity contribution in [2.24, 2.45) is 0 Å². The van der Waals surface area contributed by atoms with E-state index in [0.29, 0.717) is 26.2 Å². The van der Waals surface area contributed by atoms with Crippen LogP contribution < -0.4 is 11.1 Å². The van der Waals surface area contributed by atoms with E-state index in [1.807, 2.05) is 24.3 Å². The first-order valence-corrected chi connectivity index (χ1v) is 5.08. The summed E-state index contributed by atoms with van der Waals surface area (Å²) in [5, 5.41) is 13.2. The number of nitrogen functional groups attached to an aromatic ring is 1. The third kappa shape index (κ3) is 2.61. The molecule has 0 aromatic heterocycles. The van der Waals surface area contributed by atoms with Crippen LogP contribution >= 0.6 is 0 Å². The first kappa shape index (κ1) is 10.3. The predicted molar refractivity (Wildman–Crippen MR) is 59.7 cm³/mol. The number of nitrogens with one attached hydrogen (secondary N) is 1. The van der Waals surface area contributed by atoms with Gasteiger partial charge in [0.1, 0.15) is 5.60 Å². The Hall–Kier alpha value is -1.26. The lowest BCUT2D eigenvalue weighted by atomic mass is 10.0. The van der Waals surface area contributed by atoms with E-state index in [4.69, 9.17) is 10.5 Å². The number of benzene rings is 1. The molecule has 82 valence electrons. The Labute approximate surface area is 89.0 Å². The van der Waals surface area contributed by atoms with Crippen LogP contribution in [0.5, 0.6) is 0 Å². The van der Waals surface area contributed by atoms with Gasteiger partial charge in [-0.3, -0.25) is 0 Å². The van der Waals surface area contributed by atoms with Crippen molar-refractivity contribution < 1.29 is 9.84 Å². The maximum Gasteiger partial charge on any atom is 0.107 e. The quantitative estimate of drug-likeness (QED) is 0.644. The monoisotopic (exact) mass is 208 g/mol. The highest BCUT2D eigenvalue weighted by atomic mass is 16.5. The van der Waals surface area contributed by atoms with Crippen molar-refractivity contribution in [3.05, 3.63) is 24.3 Å². The summed E-state index contributed by atoms with van der Waals surface area (Å²) in [7, 11) is 0. The molecule has 1 aliphatic heterocycles. The fraction of sp³-hybridized carbons (Fsp3) is 0.455. The summed E-state index contributed by atoms with van der Waals surface area (Å²) < 4.78 is 5.16. The van der Waals surface area contributed by atoms with Crippen LogP contribution in [0, 0.1) is 0 Å². The molecule has 0 saturated carbocycles. The predicted octanol–water partition coefficient (Wildman–Crippen LogP) is 0.832. The summed E-state index contributed by atoms with van der Waals surface area (Å²) in [5.41, 5.74) is 6.55. The number of rotatable bonds is 3.